The van der Waals surface area contributed by atoms with E-state index in [4.69, 9.17) is 19.0 Å². The maximum Gasteiger partial charge on any atom is 0.492 e. The second-order valence-electron chi connectivity index (χ2n) is 28.2. The van der Waals surface area contributed by atoms with Crippen LogP contribution in [0.15, 0.2) is 231 Å². The molecule has 4 unspecified atom stereocenters. The van der Waals surface area contributed by atoms with E-state index in [-0.39, 0.29) is 77.7 Å². The number of likely N-dealkylation sites (N-methyl/N-ethyl adjacent to an activating group) is 2. The summed E-state index contributed by atoms with van der Waals surface area (Å²) < 4.78 is 18.8. The number of amides is 8. The van der Waals surface area contributed by atoms with Gasteiger partial charge in [0.05, 0.1) is 59.4 Å². The highest BCUT2D eigenvalue weighted by molar-refractivity contribution is 9.10. The Bertz CT molecular complexity index is 4790. The number of aryl methyl sites for hydroxylation is 4. The zero-order valence-electron chi connectivity index (χ0n) is 63.6. The number of benzene rings is 3. The Morgan fingerprint density at radius 1 is 0.473 bits per heavy atom. The molecule has 5 saturated heterocycles. The minimum absolute atomic E-state index is 0.0593. The van der Waals surface area contributed by atoms with E-state index < -0.39 is 25.6 Å². The first kappa shape index (κ1) is 80.3. The van der Waals surface area contributed by atoms with Crippen LogP contribution in [0, 0.1) is 0 Å². The van der Waals surface area contributed by atoms with Gasteiger partial charge in [0.1, 0.15) is 29.2 Å². The number of fused-ring (bicyclic) bond motifs is 8. The molecule has 16 rings (SSSR count). The molecule has 8 amide bonds. The molecule has 4 atom stereocenters. The van der Waals surface area contributed by atoms with Gasteiger partial charge >= 0.3 is 54.0 Å². The van der Waals surface area contributed by atoms with E-state index >= 15 is 0 Å². The van der Waals surface area contributed by atoms with Crippen LogP contribution in [0.1, 0.15) is 51.3 Å². The van der Waals surface area contributed by atoms with E-state index in [1.165, 1.54) is 56.7 Å². The molecule has 0 N–H and O–H groups in total. The molecule has 110 heavy (non-hydrogen) atoms. The number of nitrogens with zero attached hydrogens (tertiary/aromatic N) is 16. The summed E-state index contributed by atoms with van der Waals surface area (Å²) in [6, 6.07) is 32.3. The number of allylic oxidation sites excluding steroid dienone is 1. The number of rotatable bonds is 14. The van der Waals surface area contributed by atoms with E-state index in [2.05, 4.69) is 159 Å². The van der Waals surface area contributed by atoms with Crippen molar-refractivity contribution >= 4 is 87.1 Å². The molecule has 0 radical (unpaired) electrons. The Hall–Kier alpha value is -10.7. The minimum Gasteiger partial charge on any atom is -0.400 e. The SMILES string of the molecule is C/C=C/[P+](c1ccccc1)(c1ccccc1)c1ccccc1.C=CCON1C(=O)N2CC=C(B3OC(C)(C)C(C)(C)O3)C1C2.C=CCON1C(=O)N2CC=C(c3cnc(=O)n(C)c3)C1C2.CN1C(=O)N2CC=C(c3cnc(=O)n(C)c3)C1C2.CN1C(=O)N2CC=C(c3cnc(=O)n(C)c3)C1C2.Cn1cc(Br)cnc1=O. The summed E-state index contributed by atoms with van der Waals surface area (Å²) >= 11 is 3.17. The second-order valence-corrected chi connectivity index (χ2v) is 32.4. The van der Waals surface area contributed by atoms with Crippen molar-refractivity contribution in [1.29, 1.82) is 0 Å². The molecule has 3 aromatic carbocycles. The van der Waals surface area contributed by atoms with Gasteiger partial charge in [-0.25, -0.2) is 58.3 Å². The molecule has 5 fully saturated rings. The first-order valence-electron chi connectivity index (χ1n) is 35.9. The quantitative estimate of drug-likeness (QED) is 0.0598. The van der Waals surface area contributed by atoms with Crippen LogP contribution >= 0.6 is 23.2 Å². The van der Waals surface area contributed by atoms with Crippen molar-refractivity contribution in [2.24, 2.45) is 28.2 Å². The van der Waals surface area contributed by atoms with Crippen LogP contribution in [0.25, 0.3) is 16.7 Å². The van der Waals surface area contributed by atoms with Gasteiger partial charge in [-0.1, -0.05) is 97.1 Å². The molecular formula is C79H92BBrN16O12P+. The minimum atomic E-state index is -1.73. The third kappa shape index (κ3) is 17.0. The van der Waals surface area contributed by atoms with Gasteiger partial charge in [-0.3, -0.25) is 9.68 Å². The lowest BCUT2D eigenvalue weighted by Crippen LogP contribution is -2.41. The van der Waals surface area contributed by atoms with E-state index in [0.717, 1.165) is 43.4 Å². The van der Waals surface area contributed by atoms with Gasteiger partial charge < -0.3 is 57.0 Å². The van der Waals surface area contributed by atoms with Gasteiger partial charge in [-0.15, -0.1) is 13.2 Å². The number of carbonyl (C=O) groups excluding carboxylic acids is 4. The Labute approximate surface area is 648 Å². The van der Waals surface area contributed by atoms with Crippen LogP contribution in [0.2, 0.25) is 0 Å². The average molecular weight is 1580 g/mol. The number of aromatic nitrogens is 8. The lowest BCUT2D eigenvalue weighted by molar-refractivity contribution is -0.109. The number of carbonyl (C=O) groups is 4. The fourth-order valence-corrected chi connectivity index (χ4v) is 18.2. The van der Waals surface area contributed by atoms with Crippen molar-refractivity contribution in [2.75, 3.05) is 79.7 Å². The van der Waals surface area contributed by atoms with Gasteiger partial charge in [0.2, 0.25) is 0 Å². The summed E-state index contributed by atoms with van der Waals surface area (Å²) in [4.78, 5) is 129. The van der Waals surface area contributed by atoms with Crippen molar-refractivity contribution in [1.82, 2.24) is 77.7 Å². The fraction of sp³-hybridized carbons (Fsp3) is 0.342. The third-order valence-electron chi connectivity index (χ3n) is 20.6. The van der Waals surface area contributed by atoms with Gasteiger partial charge in [0.15, 0.2) is 0 Å². The summed E-state index contributed by atoms with van der Waals surface area (Å²) in [6.07, 6.45) is 26.6. The zero-order valence-corrected chi connectivity index (χ0v) is 66.1. The predicted molar refractivity (Wildman–Crippen MR) is 428 cm³/mol. The lowest BCUT2D eigenvalue weighted by atomic mass is 9.72. The number of hydroxylamine groups is 4. The number of hydrogen-bond acceptors (Lipinski definition) is 16. The second kappa shape index (κ2) is 34.4. The van der Waals surface area contributed by atoms with Gasteiger partial charge in [0.25, 0.3) is 0 Å². The first-order chi connectivity index (χ1) is 52.6. The van der Waals surface area contributed by atoms with Crippen molar-refractivity contribution in [3.05, 3.63) is 271 Å². The van der Waals surface area contributed by atoms with Gasteiger partial charge in [0, 0.05) is 154 Å². The molecule has 9 aliphatic rings. The monoisotopic (exact) mass is 1580 g/mol. The van der Waals surface area contributed by atoms with E-state index in [0.29, 0.717) is 59.0 Å². The van der Waals surface area contributed by atoms with Gasteiger partial charge in [-0.2, -0.15) is 10.1 Å². The summed E-state index contributed by atoms with van der Waals surface area (Å²) in [5.74, 6) is 2.41. The van der Waals surface area contributed by atoms with Crippen LogP contribution in [-0.4, -0.2) is 224 Å². The van der Waals surface area contributed by atoms with Crippen molar-refractivity contribution in [2.45, 2.75) is 70.0 Å². The normalized spacial score (nSPS) is 20.2. The van der Waals surface area contributed by atoms with Gasteiger partial charge in [-0.05, 0) is 109 Å². The summed E-state index contributed by atoms with van der Waals surface area (Å²) in [5.41, 5.74) is 4.81. The molecule has 0 spiro atoms. The maximum atomic E-state index is 12.3. The van der Waals surface area contributed by atoms with Crippen molar-refractivity contribution in [3.8, 4) is 0 Å². The van der Waals surface area contributed by atoms with Crippen LogP contribution in [0.5, 0.6) is 0 Å². The first-order valence-corrected chi connectivity index (χ1v) is 38.6. The van der Waals surface area contributed by atoms with Crippen LogP contribution in [-0.2, 0) is 47.2 Å². The lowest BCUT2D eigenvalue weighted by Gasteiger charge is -2.32. The highest BCUT2D eigenvalue weighted by Gasteiger charge is 2.57. The Kier molecular flexibility index (Phi) is 25.1. The molecule has 8 bridgehead atoms. The largest absolute Gasteiger partial charge is 0.492 e. The van der Waals surface area contributed by atoms with E-state index in [9.17, 15) is 38.4 Å². The molecular weight excluding hydrogens is 1490 g/mol. The Morgan fingerprint density at radius 2 is 0.800 bits per heavy atom. The number of halogens is 1. The van der Waals surface area contributed by atoms with Crippen LogP contribution in [0.4, 0.5) is 19.2 Å². The molecule has 0 aliphatic carbocycles. The Balaban J connectivity index is 0.000000133. The molecule has 31 heteroatoms. The van der Waals surface area contributed by atoms with E-state index in [1.807, 2.05) is 75.9 Å². The summed E-state index contributed by atoms with van der Waals surface area (Å²) in [7, 11) is 8.10. The molecule has 574 valence electrons. The third-order valence-corrected chi connectivity index (χ3v) is 25.0. The standard InChI is InChI=1S/C21H20P.C15H23BN2O4.C14H16N4O3.2C12H14N4O2.C5H5BrN2O/c1-2-18-22(19-12-6-3-7-13-19,20-14-8-4-9-15-20)21-16-10-5-11-17-21;1-6-9-20-18-12-10-17(13(18)19)8-7-11(12)16-21-14(2,3)15(4,5)22-16;1-3-6-21-18-12-9-17(14(18)20)5-4-11(12)10-7-15-13(19)16(2)8-10;2*1-14-6-8(5-13-11(14)17)9-3-4-16-7-10(9)15(2)12(16)18;1-8-3-4(6)2-7-5(8)9/h2-18H,1H3;6-7,12H,1,8-10H2,2-5H3;3-4,7-8,12H,1,5-6,9H2,2H3;2*3,5-6,10H,4,7H2,1-2H3;2-3H,1H3/q+1;;;;;/b18-2+;;;;;. The molecule has 0 saturated carbocycles. The molecule has 28 nitrogen and oxygen atoms in total. The number of hydrogen-bond donors (Lipinski definition) is 0. The van der Waals surface area contributed by atoms with Crippen molar-refractivity contribution in [3.63, 3.8) is 0 Å². The fourth-order valence-electron chi connectivity index (χ4n) is 14.0. The molecule has 4 aromatic heterocycles. The number of urea groups is 4. The summed E-state index contributed by atoms with van der Waals surface area (Å²) in [6.45, 7) is 22.9. The van der Waals surface area contributed by atoms with Crippen molar-refractivity contribution < 1.29 is 38.2 Å². The zero-order chi connectivity index (χ0) is 78.9. The van der Waals surface area contributed by atoms with Crippen LogP contribution in [0.3, 0.4) is 0 Å². The smallest absolute Gasteiger partial charge is 0.400 e. The average Bonchev–Trinajstić information content (AvgIpc) is 1.61. The maximum absolute atomic E-state index is 12.3. The molecule has 9 aliphatic heterocycles. The van der Waals surface area contributed by atoms with E-state index in [1.54, 1.807) is 97.1 Å². The Morgan fingerprint density at radius 3 is 1.15 bits per heavy atom. The molecule has 7 aromatic rings. The molecule has 13 heterocycles. The highest BCUT2D eigenvalue weighted by Crippen LogP contribution is 2.57. The topological polar surface area (TPSA) is 271 Å². The highest BCUT2D eigenvalue weighted by atomic mass is 79.9. The summed E-state index contributed by atoms with van der Waals surface area (Å²) in [5, 5.41) is 6.98. The predicted octanol–water partition coefficient (Wildman–Crippen LogP) is 7.07. The van der Waals surface area contributed by atoms with Crippen LogP contribution < -0.4 is 38.7 Å².